The number of benzene rings is 1. The number of halogens is 1. The van der Waals surface area contributed by atoms with Gasteiger partial charge in [-0.2, -0.15) is 0 Å². The third-order valence-electron chi connectivity index (χ3n) is 3.42. The van der Waals surface area contributed by atoms with Gasteiger partial charge in [0.05, 0.1) is 22.9 Å². The van der Waals surface area contributed by atoms with E-state index in [1.165, 1.54) is 0 Å². The first kappa shape index (κ1) is 14.0. The number of anilines is 2. The molecule has 2 N–H and O–H groups in total. The predicted octanol–water partition coefficient (Wildman–Crippen LogP) is 3.09. The monoisotopic (exact) mass is 282 g/mol. The number of nitrogen functional groups attached to an aromatic ring is 1. The molecule has 1 unspecified atom stereocenters. The molecule has 0 aromatic heterocycles. The lowest BCUT2D eigenvalue weighted by atomic mass is 10.1. The fourth-order valence-corrected chi connectivity index (χ4v) is 2.88. The summed E-state index contributed by atoms with van der Waals surface area (Å²) in [5.74, 6) is -0.370. The van der Waals surface area contributed by atoms with E-state index in [-0.39, 0.29) is 5.97 Å². The Morgan fingerprint density at radius 3 is 2.89 bits per heavy atom. The number of rotatable bonds is 3. The zero-order valence-electron chi connectivity index (χ0n) is 11.3. The Hall–Kier alpha value is -1.42. The van der Waals surface area contributed by atoms with Crippen LogP contribution in [0, 0.1) is 0 Å². The zero-order chi connectivity index (χ0) is 14.0. The van der Waals surface area contributed by atoms with E-state index in [4.69, 9.17) is 22.1 Å². The second-order valence-electron chi connectivity index (χ2n) is 4.80. The topological polar surface area (TPSA) is 55.6 Å². The maximum absolute atomic E-state index is 12.1. The van der Waals surface area contributed by atoms with E-state index in [0.29, 0.717) is 28.9 Å². The van der Waals surface area contributed by atoms with Crippen molar-refractivity contribution in [2.45, 2.75) is 32.7 Å². The molecule has 1 aromatic carbocycles. The number of ether oxygens (including phenoxy) is 1. The van der Waals surface area contributed by atoms with E-state index in [1.54, 1.807) is 19.1 Å². The first-order valence-electron chi connectivity index (χ1n) is 6.57. The molecule has 5 heteroatoms. The number of nitrogens with zero attached hydrogens (tertiary/aromatic N) is 1. The summed E-state index contributed by atoms with van der Waals surface area (Å²) in [7, 11) is 0. The Morgan fingerprint density at radius 2 is 2.32 bits per heavy atom. The molecule has 0 saturated carbocycles. The molecular formula is C14H19ClN2O2. The fraction of sp³-hybridized carbons (Fsp3) is 0.500. The SMILES string of the molecule is CCOC(=O)c1cc(N)cc(Cl)c1N1CCCC1C. The van der Waals surface area contributed by atoms with E-state index in [1.807, 2.05) is 0 Å². The van der Waals surface area contributed by atoms with Gasteiger partial charge in [0.2, 0.25) is 0 Å². The molecule has 1 aliphatic heterocycles. The standard InChI is InChI=1S/C14H19ClN2O2/c1-3-19-14(18)11-7-10(16)8-12(15)13(11)17-6-4-5-9(17)2/h7-9H,3-6,16H2,1-2H3. The summed E-state index contributed by atoms with van der Waals surface area (Å²) in [5.41, 5.74) is 7.47. The van der Waals surface area contributed by atoms with E-state index >= 15 is 0 Å². The highest BCUT2D eigenvalue weighted by atomic mass is 35.5. The molecule has 2 rings (SSSR count). The van der Waals surface area contributed by atoms with Crippen LogP contribution >= 0.6 is 11.6 Å². The highest BCUT2D eigenvalue weighted by molar-refractivity contribution is 6.34. The summed E-state index contributed by atoms with van der Waals surface area (Å²) >= 11 is 6.29. The van der Waals surface area contributed by atoms with Crippen molar-refractivity contribution in [3.05, 3.63) is 22.7 Å². The summed E-state index contributed by atoms with van der Waals surface area (Å²) in [6, 6.07) is 3.70. The van der Waals surface area contributed by atoms with Gasteiger partial charge in [-0.25, -0.2) is 4.79 Å². The summed E-state index contributed by atoms with van der Waals surface area (Å²) in [6.45, 7) is 5.15. The molecule has 1 saturated heterocycles. The fourth-order valence-electron chi connectivity index (χ4n) is 2.54. The molecule has 104 valence electrons. The van der Waals surface area contributed by atoms with Gasteiger partial charge in [0.15, 0.2) is 0 Å². The van der Waals surface area contributed by atoms with E-state index in [2.05, 4.69) is 11.8 Å². The van der Waals surface area contributed by atoms with E-state index in [0.717, 1.165) is 25.1 Å². The number of esters is 1. The average Bonchev–Trinajstić information content (AvgIpc) is 2.74. The van der Waals surface area contributed by atoms with Crippen LogP contribution in [0.4, 0.5) is 11.4 Å². The van der Waals surface area contributed by atoms with Crippen molar-refractivity contribution in [1.82, 2.24) is 0 Å². The Balaban J connectivity index is 2.48. The van der Waals surface area contributed by atoms with Crippen molar-refractivity contribution in [1.29, 1.82) is 0 Å². The van der Waals surface area contributed by atoms with Crippen LogP contribution in [-0.4, -0.2) is 25.2 Å². The molecule has 0 radical (unpaired) electrons. The minimum Gasteiger partial charge on any atom is -0.462 e. The first-order valence-corrected chi connectivity index (χ1v) is 6.95. The first-order chi connectivity index (χ1) is 9.04. The molecule has 1 aliphatic rings. The van der Waals surface area contributed by atoms with Gasteiger partial charge >= 0.3 is 5.97 Å². The average molecular weight is 283 g/mol. The van der Waals surface area contributed by atoms with Crippen LogP contribution in [0.2, 0.25) is 5.02 Å². The lowest BCUT2D eigenvalue weighted by Crippen LogP contribution is -2.28. The second-order valence-corrected chi connectivity index (χ2v) is 5.21. The number of carbonyl (C=O) groups excluding carboxylic acids is 1. The van der Waals surface area contributed by atoms with Gasteiger partial charge in [-0.1, -0.05) is 11.6 Å². The normalized spacial score (nSPS) is 18.7. The van der Waals surface area contributed by atoms with Gasteiger partial charge in [0.25, 0.3) is 0 Å². The molecule has 19 heavy (non-hydrogen) atoms. The van der Waals surface area contributed by atoms with Crippen molar-refractivity contribution < 1.29 is 9.53 Å². The second kappa shape index (κ2) is 5.70. The highest BCUT2D eigenvalue weighted by Gasteiger charge is 2.27. The Morgan fingerprint density at radius 1 is 1.58 bits per heavy atom. The zero-order valence-corrected chi connectivity index (χ0v) is 12.0. The van der Waals surface area contributed by atoms with Crippen LogP contribution in [0.15, 0.2) is 12.1 Å². The number of nitrogens with two attached hydrogens (primary N) is 1. The molecule has 1 atom stereocenters. The summed E-state index contributed by atoms with van der Waals surface area (Å²) < 4.78 is 5.09. The van der Waals surface area contributed by atoms with Crippen molar-refractivity contribution in [3.8, 4) is 0 Å². The molecule has 1 fully saturated rings. The Kier molecular flexibility index (Phi) is 4.20. The molecule has 0 bridgehead atoms. The quantitative estimate of drug-likeness (QED) is 0.684. The van der Waals surface area contributed by atoms with Crippen molar-refractivity contribution in [3.63, 3.8) is 0 Å². The molecule has 0 aliphatic carbocycles. The van der Waals surface area contributed by atoms with E-state index < -0.39 is 0 Å². The van der Waals surface area contributed by atoms with Gasteiger partial charge in [0, 0.05) is 18.3 Å². The predicted molar refractivity (Wildman–Crippen MR) is 77.9 cm³/mol. The van der Waals surface area contributed by atoms with Gasteiger partial charge in [0.1, 0.15) is 0 Å². The van der Waals surface area contributed by atoms with Crippen molar-refractivity contribution in [2.24, 2.45) is 0 Å². The van der Waals surface area contributed by atoms with Gasteiger partial charge in [-0.15, -0.1) is 0 Å². The smallest absolute Gasteiger partial charge is 0.340 e. The lowest BCUT2D eigenvalue weighted by Gasteiger charge is -2.27. The minimum absolute atomic E-state index is 0.334. The largest absolute Gasteiger partial charge is 0.462 e. The van der Waals surface area contributed by atoms with E-state index in [9.17, 15) is 4.79 Å². The summed E-state index contributed by atoms with van der Waals surface area (Å²) in [5, 5.41) is 0.511. The highest BCUT2D eigenvalue weighted by Crippen LogP contribution is 2.37. The summed E-state index contributed by atoms with van der Waals surface area (Å²) in [4.78, 5) is 14.2. The lowest BCUT2D eigenvalue weighted by molar-refractivity contribution is 0.0527. The number of carbonyl (C=O) groups is 1. The van der Waals surface area contributed by atoms with Crippen LogP contribution in [0.5, 0.6) is 0 Å². The molecule has 4 nitrogen and oxygen atoms in total. The van der Waals surface area contributed by atoms with Gasteiger partial charge < -0.3 is 15.4 Å². The molecule has 0 spiro atoms. The van der Waals surface area contributed by atoms with Crippen LogP contribution in [-0.2, 0) is 4.74 Å². The van der Waals surface area contributed by atoms with Crippen molar-refractivity contribution in [2.75, 3.05) is 23.8 Å². The Labute approximate surface area is 118 Å². The van der Waals surface area contributed by atoms with Crippen LogP contribution in [0.3, 0.4) is 0 Å². The minimum atomic E-state index is -0.370. The maximum Gasteiger partial charge on any atom is 0.340 e. The molecule has 1 heterocycles. The van der Waals surface area contributed by atoms with Crippen LogP contribution in [0.1, 0.15) is 37.0 Å². The van der Waals surface area contributed by atoms with Gasteiger partial charge in [-0.3, -0.25) is 0 Å². The summed E-state index contributed by atoms with van der Waals surface area (Å²) in [6.07, 6.45) is 2.20. The number of hydrogen-bond donors (Lipinski definition) is 1. The maximum atomic E-state index is 12.1. The van der Waals surface area contributed by atoms with Crippen LogP contribution in [0.25, 0.3) is 0 Å². The Bertz CT molecular complexity index is 491. The van der Waals surface area contributed by atoms with Crippen molar-refractivity contribution >= 4 is 28.9 Å². The third-order valence-corrected chi connectivity index (χ3v) is 3.71. The molecular weight excluding hydrogens is 264 g/mol. The third kappa shape index (κ3) is 2.78. The molecule has 1 aromatic rings. The molecule has 0 amide bonds. The van der Waals surface area contributed by atoms with Gasteiger partial charge in [-0.05, 0) is 38.8 Å². The number of hydrogen-bond acceptors (Lipinski definition) is 4. The van der Waals surface area contributed by atoms with Crippen LogP contribution < -0.4 is 10.6 Å².